The Labute approximate surface area is 141 Å². The van der Waals surface area contributed by atoms with E-state index in [9.17, 15) is 9.36 Å². The summed E-state index contributed by atoms with van der Waals surface area (Å²) in [6.45, 7) is 3.80. The fourth-order valence-electron chi connectivity index (χ4n) is 2.71. The normalized spacial score (nSPS) is 13.0. The number of carbonyl (C=O) groups is 1. The molecule has 0 aliphatic heterocycles. The van der Waals surface area contributed by atoms with Crippen molar-refractivity contribution in [3.05, 3.63) is 103 Å². The van der Waals surface area contributed by atoms with Crippen LogP contribution in [0.5, 0.6) is 0 Å². The van der Waals surface area contributed by atoms with Crippen LogP contribution in [0.4, 0.5) is 0 Å². The van der Waals surface area contributed by atoms with Gasteiger partial charge >= 0.3 is 0 Å². The van der Waals surface area contributed by atoms with Crippen LogP contribution < -0.4 is 10.6 Å². The molecule has 0 aliphatic carbocycles. The molecule has 3 aromatic rings. The second-order valence-electron chi connectivity index (χ2n) is 5.38. The summed E-state index contributed by atoms with van der Waals surface area (Å²) in [6, 6.07) is 25.0. The number of carbonyl (C=O) groups excluding carboxylic acids is 1. The van der Waals surface area contributed by atoms with Crippen molar-refractivity contribution >= 4 is 29.4 Å². The Hall–Kier alpha value is -2.70. The van der Waals surface area contributed by atoms with Crippen molar-refractivity contribution in [2.45, 2.75) is 0 Å². The zero-order valence-electron chi connectivity index (χ0n) is 13.1. The molecule has 0 heterocycles. The van der Waals surface area contributed by atoms with Crippen LogP contribution in [-0.4, -0.2) is 5.52 Å². The van der Waals surface area contributed by atoms with E-state index in [1.807, 2.05) is 24.3 Å². The van der Waals surface area contributed by atoms with E-state index in [-0.39, 0.29) is 5.52 Å². The molecule has 3 heteroatoms. The Bertz CT molecular complexity index is 915. The molecule has 2 nitrogen and oxygen atoms in total. The van der Waals surface area contributed by atoms with Gasteiger partial charge in [0.05, 0.1) is 0 Å². The van der Waals surface area contributed by atoms with Crippen LogP contribution in [0.15, 0.2) is 91.5 Å². The second-order valence-corrected chi connectivity index (χ2v) is 8.00. The van der Waals surface area contributed by atoms with Crippen LogP contribution >= 0.6 is 7.14 Å². The summed E-state index contributed by atoms with van der Waals surface area (Å²) in [5.41, 5.74) is 0.807. The largest absolute Gasteiger partial charge is 0.305 e. The zero-order chi connectivity index (χ0) is 17.0. The van der Waals surface area contributed by atoms with E-state index in [0.717, 1.165) is 0 Å². The van der Waals surface area contributed by atoms with E-state index in [4.69, 9.17) is 0 Å². The topological polar surface area (TPSA) is 34.1 Å². The third-order valence-electron chi connectivity index (χ3n) is 3.92. The minimum Gasteiger partial charge on any atom is -0.305 e. The van der Waals surface area contributed by atoms with Gasteiger partial charge in [-0.2, -0.15) is 0 Å². The van der Waals surface area contributed by atoms with E-state index >= 15 is 0 Å². The Morgan fingerprint density at radius 2 is 1.33 bits per heavy atom. The van der Waals surface area contributed by atoms with Crippen LogP contribution in [0.2, 0.25) is 0 Å². The Balaban J connectivity index is 2.29. The molecule has 1 unspecified atom stereocenters. The summed E-state index contributed by atoms with van der Waals surface area (Å²) < 4.78 is 14.1. The summed E-state index contributed by atoms with van der Waals surface area (Å²) in [5.74, 6) is 0. The molecule has 3 aromatic carbocycles. The van der Waals surface area contributed by atoms with Gasteiger partial charge in [-0.3, -0.25) is 4.79 Å². The first kappa shape index (κ1) is 16.2. The quantitative estimate of drug-likeness (QED) is 0.645. The van der Waals surface area contributed by atoms with Gasteiger partial charge in [0.2, 0.25) is 12.7 Å². The number of rotatable bonds is 5. The van der Waals surface area contributed by atoms with Gasteiger partial charge in [0.25, 0.3) is 0 Å². The second kappa shape index (κ2) is 6.82. The molecule has 0 fully saturated rings. The lowest BCUT2D eigenvalue weighted by molar-refractivity contribution is 0.107. The first-order valence-electron chi connectivity index (χ1n) is 7.65. The van der Waals surface area contributed by atoms with Gasteiger partial charge in [0.15, 0.2) is 0 Å². The first-order chi connectivity index (χ1) is 11.7. The monoisotopic (exact) mass is 332 g/mol. The van der Waals surface area contributed by atoms with E-state index < -0.39 is 7.14 Å². The molecule has 0 spiro atoms. The van der Waals surface area contributed by atoms with Gasteiger partial charge < -0.3 is 4.57 Å². The maximum absolute atomic E-state index is 14.1. The van der Waals surface area contributed by atoms with Crippen LogP contribution in [0.25, 0.3) is 6.08 Å². The molecule has 3 rings (SSSR count). The molecule has 0 aliphatic rings. The van der Waals surface area contributed by atoms with Crippen LogP contribution in [-0.2, 0) is 4.57 Å². The van der Waals surface area contributed by atoms with Crippen molar-refractivity contribution < 1.29 is 9.36 Å². The molecular formula is C21H17O2P. The standard InChI is InChI=1S/C21H17O2P/c1-2-17-11-9-10-16-20(17)24(23,19-14-7-4-8-15-19)21(22)18-12-5-3-6-13-18/h2-16H,1H2. The van der Waals surface area contributed by atoms with Gasteiger partial charge in [-0.25, -0.2) is 0 Å². The van der Waals surface area contributed by atoms with Crippen LogP contribution in [0.1, 0.15) is 15.9 Å². The Kier molecular flexibility index (Phi) is 4.59. The highest BCUT2D eigenvalue weighted by atomic mass is 31.2. The molecule has 0 bridgehead atoms. The van der Waals surface area contributed by atoms with Gasteiger partial charge in [-0.05, 0) is 5.56 Å². The Morgan fingerprint density at radius 3 is 1.96 bits per heavy atom. The summed E-state index contributed by atoms with van der Waals surface area (Å²) in [6.07, 6.45) is 1.64. The molecule has 118 valence electrons. The fourth-order valence-corrected chi connectivity index (χ4v) is 5.37. The summed E-state index contributed by atoms with van der Waals surface area (Å²) in [5, 5.41) is 1.06. The highest BCUT2D eigenvalue weighted by Gasteiger charge is 2.37. The molecule has 24 heavy (non-hydrogen) atoms. The third kappa shape index (κ3) is 2.77. The van der Waals surface area contributed by atoms with E-state index in [1.165, 1.54) is 0 Å². The first-order valence-corrected chi connectivity index (χ1v) is 9.36. The molecule has 0 aromatic heterocycles. The molecule has 0 radical (unpaired) electrons. The van der Waals surface area contributed by atoms with E-state index in [0.29, 0.717) is 21.7 Å². The van der Waals surface area contributed by atoms with Crippen molar-refractivity contribution in [2.24, 2.45) is 0 Å². The van der Waals surface area contributed by atoms with Crippen molar-refractivity contribution in [3.63, 3.8) is 0 Å². The Morgan fingerprint density at radius 1 is 0.792 bits per heavy atom. The lowest BCUT2D eigenvalue weighted by Crippen LogP contribution is -2.24. The summed E-state index contributed by atoms with van der Waals surface area (Å²) in [7, 11) is -3.50. The third-order valence-corrected chi connectivity index (χ3v) is 6.86. The maximum atomic E-state index is 14.1. The maximum Gasteiger partial charge on any atom is 0.230 e. The number of hydrogen-bond acceptors (Lipinski definition) is 2. The summed E-state index contributed by atoms with van der Waals surface area (Å²) in [4.78, 5) is 13.2. The van der Waals surface area contributed by atoms with E-state index in [2.05, 4.69) is 6.58 Å². The van der Waals surface area contributed by atoms with Crippen molar-refractivity contribution in [3.8, 4) is 0 Å². The SMILES string of the molecule is C=Cc1ccccc1P(=O)(C(=O)c1ccccc1)c1ccccc1. The van der Waals surface area contributed by atoms with Crippen molar-refractivity contribution in [1.29, 1.82) is 0 Å². The number of benzene rings is 3. The molecule has 0 saturated heterocycles. The molecule has 0 amide bonds. The van der Waals surface area contributed by atoms with Gasteiger partial charge in [0.1, 0.15) is 0 Å². The minimum absolute atomic E-state index is 0.358. The van der Waals surface area contributed by atoms with E-state index in [1.54, 1.807) is 66.7 Å². The zero-order valence-corrected chi connectivity index (χ0v) is 14.0. The van der Waals surface area contributed by atoms with Gasteiger partial charge in [-0.15, -0.1) is 0 Å². The van der Waals surface area contributed by atoms with Crippen molar-refractivity contribution in [2.75, 3.05) is 0 Å². The van der Waals surface area contributed by atoms with Gasteiger partial charge in [0, 0.05) is 16.2 Å². The summed E-state index contributed by atoms with van der Waals surface area (Å²) >= 11 is 0. The van der Waals surface area contributed by atoms with Crippen LogP contribution in [0, 0.1) is 0 Å². The van der Waals surface area contributed by atoms with Crippen molar-refractivity contribution in [1.82, 2.24) is 0 Å². The average Bonchev–Trinajstić information content (AvgIpc) is 2.68. The average molecular weight is 332 g/mol. The predicted octanol–water partition coefficient (Wildman–Crippen LogP) is 4.48. The van der Waals surface area contributed by atoms with Crippen LogP contribution in [0.3, 0.4) is 0 Å². The molecule has 0 N–H and O–H groups in total. The highest BCUT2D eigenvalue weighted by molar-refractivity contribution is 7.93. The molecule has 0 saturated carbocycles. The predicted molar refractivity (Wildman–Crippen MR) is 101 cm³/mol. The molecule has 1 atom stereocenters. The fraction of sp³-hybridized carbons (Fsp3) is 0. The van der Waals surface area contributed by atoms with Gasteiger partial charge in [-0.1, -0.05) is 97.6 Å². The molecular weight excluding hydrogens is 315 g/mol. The number of hydrogen-bond donors (Lipinski definition) is 0. The lowest BCUT2D eigenvalue weighted by Gasteiger charge is -2.20. The lowest BCUT2D eigenvalue weighted by atomic mass is 10.2. The highest BCUT2D eigenvalue weighted by Crippen LogP contribution is 2.47. The smallest absolute Gasteiger partial charge is 0.230 e. The minimum atomic E-state index is -3.50.